The Morgan fingerprint density at radius 3 is 2.54 bits per heavy atom. The molecular weight excluding hydrogens is 156 g/mol. The minimum Gasteiger partial charge on any atom is -0.103 e. The molecule has 13 heavy (non-hydrogen) atoms. The molecule has 2 rings (SSSR count). The van der Waals surface area contributed by atoms with E-state index in [0.717, 1.165) is 18.3 Å². The molecule has 1 atom stereocenters. The van der Waals surface area contributed by atoms with Gasteiger partial charge in [-0.3, -0.25) is 0 Å². The first-order chi connectivity index (χ1) is 6.42. The average Bonchev–Trinajstić information content (AvgIpc) is 2.99. The van der Waals surface area contributed by atoms with E-state index >= 15 is 0 Å². The maximum atomic E-state index is 3.84. The fourth-order valence-corrected chi connectivity index (χ4v) is 1.98. The van der Waals surface area contributed by atoms with Gasteiger partial charge in [-0.1, -0.05) is 36.4 Å². The van der Waals surface area contributed by atoms with Gasteiger partial charge in [-0.2, -0.15) is 0 Å². The standard InChI is InChI=1S/C13H16/c1-2-6-13(12-9-10-12)11-7-4-3-5-8-11/h2-5,7-8,12-13H,1,6,9-10H2. The smallest absolute Gasteiger partial charge is 0.00991 e. The quantitative estimate of drug-likeness (QED) is 0.607. The highest BCUT2D eigenvalue weighted by molar-refractivity contribution is 5.22. The Labute approximate surface area is 80.3 Å². The molecule has 1 saturated carbocycles. The Hall–Kier alpha value is -1.04. The summed E-state index contributed by atoms with van der Waals surface area (Å²) >= 11 is 0. The van der Waals surface area contributed by atoms with Gasteiger partial charge < -0.3 is 0 Å². The Kier molecular flexibility index (Phi) is 2.49. The van der Waals surface area contributed by atoms with E-state index in [9.17, 15) is 0 Å². The van der Waals surface area contributed by atoms with Crippen LogP contribution in [0.2, 0.25) is 0 Å². The zero-order valence-electron chi connectivity index (χ0n) is 7.95. The summed E-state index contributed by atoms with van der Waals surface area (Å²) < 4.78 is 0. The van der Waals surface area contributed by atoms with Crippen molar-refractivity contribution in [1.29, 1.82) is 0 Å². The molecule has 1 aliphatic carbocycles. The van der Waals surface area contributed by atoms with E-state index in [0.29, 0.717) is 0 Å². The van der Waals surface area contributed by atoms with Crippen LogP contribution in [0.25, 0.3) is 0 Å². The van der Waals surface area contributed by atoms with E-state index in [1.54, 1.807) is 0 Å². The van der Waals surface area contributed by atoms with Gasteiger partial charge in [-0.15, -0.1) is 6.58 Å². The summed E-state index contributed by atoms with van der Waals surface area (Å²) in [7, 11) is 0. The van der Waals surface area contributed by atoms with Crippen LogP contribution in [-0.4, -0.2) is 0 Å². The predicted molar refractivity (Wildman–Crippen MR) is 56.7 cm³/mol. The molecule has 0 aliphatic heterocycles. The lowest BCUT2D eigenvalue weighted by Gasteiger charge is -2.13. The molecule has 1 aromatic carbocycles. The van der Waals surface area contributed by atoms with Gasteiger partial charge in [0.2, 0.25) is 0 Å². The van der Waals surface area contributed by atoms with Crippen molar-refractivity contribution < 1.29 is 0 Å². The second-order valence-electron chi connectivity index (χ2n) is 3.88. The number of benzene rings is 1. The molecule has 0 N–H and O–H groups in total. The molecule has 1 unspecified atom stereocenters. The van der Waals surface area contributed by atoms with E-state index in [-0.39, 0.29) is 0 Å². The fourth-order valence-electron chi connectivity index (χ4n) is 1.98. The second-order valence-corrected chi connectivity index (χ2v) is 3.88. The van der Waals surface area contributed by atoms with Crippen LogP contribution in [-0.2, 0) is 0 Å². The van der Waals surface area contributed by atoms with Crippen LogP contribution in [0.15, 0.2) is 43.0 Å². The molecule has 1 fully saturated rings. The largest absolute Gasteiger partial charge is 0.103 e. The summed E-state index contributed by atoms with van der Waals surface area (Å²) in [5.41, 5.74) is 1.49. The van der Waals surface area contributed by atoms with Gasteiger partial charge in [0.25, 0.3) is 0 Å². The van der Waals surface area contributed by atoms with Gasteiger partial charge in [-0.05, 0) is 36.7 Å². The Bertz CT molecular complexity index is 269. The van der Waals surface area contributed by atoms with Crippen LogP contribution in [0.1, 0.15) is 30.7 Å². The fraction of sp³-hybridized carbons (Fsp3) is 0.385. The van der Waals surface area contributed by atoms with Crippen LogP contribution in [0.3, 0.4) is 0 Å². The normalized spacial score (nSPS) is 18.2. The van der Waals surface area contributed by atoms with Gasteiger partial charge in [0.1, 0.15) is 0 Å². The van der Waals surface area contributed by atoms with Crippen LogP contribution < -0.4 is 0 Å². The molecule has 68 valence electrons. The lowest BCUT2D eigenvalue weighted by atomic mass is 9.91. The van der Waals surface area contributed by atoms with Crippen molar-refractivity contribution >= 4 is 0 Å². The average molecular weight is 172 g/mol. The number of allylic oxidation sites excluding steroid dienone is 1. The van der Waals surface area contributed by atoms with Crippen LogP contribution >= 0.6 is 0 Å². The van der Waals surface area contributed by atoms with Crippen molar-refractivity contribution in [2.45, 2.75) is 25.2 Å². The summed E-state index contributed by atoms with van der Waals surface area (Å²) in [6.45, 7) is 3.84. The zero-order chi connectivity index (χ0) is 9.10. The molecule has 1 aliphatic rings. The van der Waals surface area contributed by atoms with Gasteiger partial charge in [0.15, 0.2) is 0 Å². The highest BCUT2D eigenvalue weighted by Gasteiger charge is 2.30. The van der Waals surface area contributed by atoms with Gasteiger partial charge in [0, 0.05) is 0 Å². The molecule has 0 heterocycles. The molecule has 0 radical (unpaired) electrons. The molecule has 0 aromatic heterocycles. The molecule has 1 aromatic rings. The predicted octanol–water partition coefficient (Wildman–Crippen LogP) is 3.76. The minimum absolute atomic E-state index is 0.735. The van der Waals surface area contributed by atoms with E-state index in [1.165, 1.54) is 18.4 Å². The maximum Gasteiger partial charge on any atom is -0.00991 e. The molecule has 0 amide bonds. The Morgan fingerprint density at radius 1 is 1.31 bits per heavy atom. The first-order valence-corrected chi connectivity index (χ1v) is 5.07. The summed E-state index contributed by atoms with van der Waals surface area (Å²) in [6.07, 6.45) is 6.01. The topological polar surface area (TPSA) is 0 Å². The van der Waals surface area contributed by atoms with Gasteiger partial charge in [-0.25, -0.2) is 0 Å². The van der Waals surface area contributed by atoms with Crippen molar-refractivity contribution in [3.05, 3.63) is 48.6 Å². The van der Waals surface area contributed by atoms with E-state index in [1.807, 2.05) is 0 Å². The van der Waals surface area contributed by atoms with Crippen molar-refractivity contribution in [3.63, 3.8) is 0 Å². The van der Waals surface area contributed by atoms with Crippen molar-refractivity contribution in [1.82, 2.24) is 0 Å². The first-order valence-electron chi connectivity index (χ1n) is 5.07. The van der Waals surface area contributed by atoms with Crippen molar-refractivity contribution in [2.75, 3.05) is 0 Å². The minimum atomic E-state index is 0.735. The molecule has 0 bridgehead atoms. The van der Waals surface area contributed by atoms with Crippen LogP contribution in [0.4, 0.5) is 0 Å². The lowest BCUT2D eigenvalue weighted by Crippen LogP contribution is -1.99. The van der Waals surface area contributed by atoms with E-state index in [4.69, 9.17) is 0 Å². The summed E-state index contributed by atoms with van der Waals surface area (Å²) in [5, 5.41) is 0. The summed E-state index contributed by atoms with van der Waals surface area (Å²) in [5.74, 6) is 1.67. The highest BCUT2D eigenvalue weighted by Crippen LogP contribution is 2.44. The zero-order valence-corrected chi connectivity index (χ0v) is 7.95. The number of hydrogen-bond donors (Lipinski definition) is 0. The molecule has 0 spiro atoms. The van der Waals surface area contributed by atoms with Gasteiger partial charge >= 0.3 is 0 Å². The summed E-state index contributed by atoms with van der Waals surface area (Å²) in [4.78, 5) is 0. The third kappa shape index (κ3) is 2.00. The maximum absolute atomic E-state index is 3.84. The van der Waals surface area contributed by atoms with Gasteiger partial charge in [0.05, 0.1) is 0 Å². The first kappa shape index (κ1) is 8.55. The van der Waals surface area contributed by atoms with Crippen molar-refractivity contribution in [2.24, 2.45) is 5.92 Å². The van der Waals surface area contributed by atoms with Crippen molar-refractivity contribution in [3.8, 4) is 0 Å². The third-order valence-corrected chi connectivity index (χ3v) is 2.84. The SMILES string of the molecule is C=CCC(c1ccccc1)C1CC1. The molecule has 0 heteroatoms. The monoisotopic (exact) mass is 172 g/mol. The Balaban J connectivity index is 2.14. The second kappa shape index (κ2) is 3.78. The molecular formula is C13H16. The molecule has 0 saturated heterocycles. The molecule has 0 nitrogen and oxygen atoms in total. The number of rotatable bonds is 4. The highest BCUT2D eigenvalue weighted by atomic mass is 14.4. The van der Waals surface area contributed by atoms with Crippen LogP contribution in [0.5, 0.6) is 0 Å². The summed E-state index contributed by atoms with van der Waals surface area (Å²) in [6, 6.07) is 10.8. The van der Waals surface area contributed by atoms with E-state index < -0.39 is 0 Å². The number of hydrogen-bond acceptors (Lipinski definition) is 0. The lowest BCUT2D eigenvalue weighted by molar-refractivity contribution is 0.614. The third-order valence-electron chi connectivity index (χ3n) is 2.84. The van der Waals surface area contributed by atoms with Crippen LogP contribution in [0, 0.1) is 5.92 Å². The Morgan fingerprint density at radius 2 is 2.00 bits per heavy atom. The van der Waals surface area contributed by atoms with E-state index in [2.05, 4.69) is 43.0 Å².